The van der Waals surface area contributed by atoms with Crippen LogP contribution in [0.5, 0.6) is 0 Å². The second kappa shape index (κ2) is 5.49. The van der Waals surface area contributed by atoms with E-state index in [0.717, 1.165) is 0 Å². The molecule has 0 fully saturated rings. The van der Waals surface area contributed by atoms with E-state index in [1.165, 1.54) is 19.8 Å². The van der Waals surface area contributed by atoms with Crippen molar-refractivity contribution in [1.82, 2.24) is 0 Å². The number of hydrogen-bond acceptors (Lipinski definition) is 4. The molecule has 0 saturated heterocycles. The molecular weight excluding hydrogens is 256 g/mol. The summed E-state index contributed by atoms with van der Waals surface area (Å²) in [6.07, 6.45) is 6.60. The standard InChI is InChI=1S/C16H18O4/c1-9(11-6-7-11)5-8-12-10(2)13(17)15(19-3)16(20-4)14(12)18/h5-7,11H,8H2,1-4H3/b9-5+. The van der Waals surface area contributed by atoms with Crippen LogP contribution >= 0.6 is 0 Å². The number of ether oxygens (including phenoxy) is 2. The molecule has 2 aliphatic rings. The van der Waals surface area contributed by atoms with Gasteiger partial charge < -0.3 is 9.47 Å². The maximum absolute atomic E-state index is 12.4. The van der Waals surface area contributed by atoms with Crippen LogP contribution in [-0.2, 0) is 19.1 Å². The Morgan fingerprint density at radius 2 is 1.70 bits per heavy atom. The van der Waals surface area contributed by atoms with Crippen molar-refractivity contribution in [3.8, 4) is 0 Å². The van der Waals surface area contributed by atoms with Crippen molar-refractivity contribution in [3.05, 3.63) is 46.5 Å². The SMILES string of the molecule is COC1=C(OC)C(=O)C(C/C=C(\C)C2C=C2)=C(C)C1=O. The molecule has 0 bridgehead atoms. The van der Waals surface area contributed by atoms with Gasteiger partial charge in [0.05, 0.1) is 14.2 Å². The first-order chi connectivity index (χ1) is 9.51. The Bertz CT molecular complexity index is 582. The predicted molar refractivity (Wildman–Crippen MR) is 74.8 cm³/mol. The van der Waals surface area contributed by atoms with Crippen LogP contribution in [0.25, 0.3) is 0 Å². The summed E-state index contributed by atoms with van der Waals surface area (Å²) in [5, 5.41) is 0. The molecular formula is C16H18O4. The third-order valence-corrected chi connectivity index (χ3v) is 3.63. The van der Waals surface area contributed by atoms with Gasteiger partial charge in [-0.05, 0) is 20.3 Å². The van der Waals surface area contributed by atoms with Crippen LogP contribution < -0.4 is 0 Å². The molecule has 106 valence electrons. The molecule has 0 aromatic rings. The van der Waals surface area contributed by atoms with Crippen molar-refractivity contribution < 1.29 is 19.1 Å². The molecule has 0 aromatic carbocycles. The second-order valence-corrected chi connectivity index (χ2v) is 4.89. The Morgan fingerprint density at radius 1 is 1.15 bits per heavy atom. The highest BCUT2D eigenvalue weighted by atomic mass is 16.5. The van der Waals surface area contributed by atoms with E-state index in [2.05, 4.69) is 12.2 Å². The molecule has 0 atom stereocenters. The van der Waals surface area contributed by atoms with Gasteiger partial charge in [0, 0.05) is 17.1 Å². The Labute approximate surface area is 118 Å². The molecule has 0 amide bonds. The van der Waals surface area contributed by atoms with Gasteiger partial charge in [-0.15, -0.1) is 0 Å². The van der Waals surface area contributed by atoms with Gasteiger partial charge in [0.15, 0.2) is 0 Å². The quantitative estimate of drug-likeness (QED) is 0.571. The minimum atomic E-state index is -0.283. The van der Waals surface area contributed by atoms with Crippen molar-refractivity contribution >= 4 is 11.6 Å². The van der Waals surface area contributed by atoms with E-state index < -0.39 is 0 Å². The van der Waals surface area contributed by atoms with Crippen molar-refractivity contribution in [2.24, 2.45) is 5.92 Å². The van der Waals surface area contributed by atoms with E-state index in [1.807, 2.05) is 13.0 Å². The maximum atomic E-state index is 12.4. The van der Waals surface area contributed by atoms with E-state index in [1.54, 1.807) is 6.92 Å². The molecule has 0 aliphatic heterocycles. The molecule has 0 radical (unpaired) electrons. The molecule has 0 unspecified atom stereocenters. The normalized spacial score (nSPS) is 19.9. The third-order valence-electron chi connectivity index (χ3n) is 3.63. The number of carbonyl (C=O) groups is 2. The number of hydrogen-bond donors (Lipinski definition) is 0. The largest absolute Gasteiger partial charge is 0.489 e. The van der Waals surface area contributed by atoms with Gasteiger partial charge in [-0.3, -0.25) is 9.59 Å². The zero-order valence-corrected chi connectivity index (χ0v) is 12.1. The Hall–Kier alpha value is -2.10. The number of allylic oxidation sites excluding steroid dienone is 6. The molecule has 0 aromatic heterocycles. The Kier molecular flexibility index (Phi) is 3.93. The van der Waals surface area contributed by atoms with Crippen LogP contribution in [0.3, 0.4) is 0 Å². The van der Waals surface area contributed by atoms with Gasteiger partial charge in [0.25, 0.3) is 0 Å². The lowest BCUT2D eigenvalue weighted by Gasteiger charge is -2.19. The second-order valence-electron chi connectivity index (χ2n) is 4.89. The Balaban J connectivity index is 2.28. The lowest BCUT2D eigenvalue weighted by molar-refractivity contribution is -0.121. The molecule has 20 heavy (non-hydrogen) atoms. The zero-order valence-electron chi connectivity index (χ0n) is 12.1. The predicted octanol–water partition coefficient (Wildman–Crippen LogP) is 2.48. The lowest BCUT2D eigenvalue weighted by Crippen LogP contribution is -2.24. The number of Topliss-reactive ketones (excluding diaryl/α,β-unsaturated/α-hetero) is 2. The van der Waals surface area contributed by atoms with Crippen molar-refractivity contribution in [1.29, 1.82) is 0 Å². The van der Waals surface area contributed by atoms with Crippen LogP contribution in [0, 0.1) is 5.92 Å². The summed E-state index contributed by atoms with van der Waals surface area (Å²) in [5.41, 5.74) is 2.10. The van der Waals surface area contributed by atoms with Crippen molar-refractivity contribution in [2.45, 2.75) is 20.3 Å². The molecule has 0 N–H and O–H groups in total. The highest BCUT2D eigenvalue weighted by molar-refractivity contribution is 6.23. The number of ketones is 2. The van der Waals surface area contributed by atoms with Gasteiger partial charge in [-0.1, -0.05) is 23.8 Å². The van der Waals surface area contributed by atoms with E-state index in [0.29, 0.717) is 23.5 Å². The molecule has 4 nitrogen and oxygen atoms in total. The van der Waals surface area contributed by atoms with Crippen LogP contribution in [0.1, 0.15) is 20.3 Å². The monoisotopic (exact) mass is 274 g/mol. The van der Waals surface area contributed by atoms with Crippen LogP contribution in [0.2, 0.25) is 0 Å². The fraction of sp³-hybridized carbons (Fsp3) is 0.375. The maximum Gasteiger partial charge on any atom is 0.228 e. The summed E-state index contributed by atoms with van der Waals surface area (Å²) in [6.45, 7) is 3.67. The highest BCUT2D eigenvalue weighted by Crippen LogP contribution is 2.30. The van der Waals surface area contributed by atoms with Gasteiger partial charge >= 0.3 is 0 Å². The average Bonchev–Trinajstić information content (AvgIpc) is 3.26. The van der Waals surface area contributed by atoms with Gasteiger partial charge in [0.1, 0.15) is 0 Å². The smallest absolute Gasteiger partial charge is 0.228 e. The number of rotatable bonds is 5. The number of carbonyl (C=O) groups excluding carboxylic acids is 2. The van der Waals surface area contributed by atoms with E-state index in [-0.39, 0.29) is 23.1 Å². The first-order valence-electron chi connectivity index (χ1n) is 6.47. The van der Waals surface area contributed by atoms with E-state index >= 15 is 0 Å². The van der Waals surface area contributed by atoms with Gasteiger partial charge in [-0.2, -0.15) is 0 Å². The zero-order chi connectivity index (χ0) is 14.9. The first kappa shape index (κ1) is 14.3. The molecule has 2 aliphatic carbocycles. The van der Waals surface area contributed by atoms with Crippen LogP contribution in [-0.4, -0.2) is 25.8 Å². The highest BCUT2D eigenvalue weighted by Gasteiger charge is 2.34. The molecule has 0 saturated carbocycles. The summed E-state index contributed by atoms with van der Waals surface area (Å²) in [6, 6.07) is 0. The summed E-state index contributed by atoms with van der Waals surface area (Å²) >= 11 is 0. The van der Waals surface area contributed by atoms with Crippen LogP contribution in [0.4, 0.5) is 0 Å². The molecule has 0 spiro atoms. The van der Waals surface area contributed by atoms with E-state index in [4.69, 9.17) is 9.47 Å². The fourth-order valence-corrected chi connectivity index (χ4v) is 2.20. The molecule has 0 heterocycles. The molecule has 2 rings (SSSR count). The van der Waals surface area contributed by atoms with Crippen molar-refractivity contribution in [2.75, 3.05) is 14.2 Å². The minimum absolute atomic E-state index is 0.00583. The summed E-state index contributed by atoms with van der Waals surface area (Å²) in [4.78, 5) is 24.5. The fourth-order valence-electron chi connectivity index (χ4n) is 2.20. The topological polar surface area (TPSA) is 52.6 Å². The first-order valence-corrected chi connectivity index (χ1v) is 6.47. The Morgan fingerprint density at radius 3 is 2.20 bits per heavy atom. The minimum Gasteiger partial charge on any atom is -0.489 e. The number of methoxy groups -OCH3 is 2. The van der Waals surface area contributed by atoms with Gasteiger partial charge in [0.2, 0.25) is 23.1 Å². The van der Waals surface area contributed by atoms with Gasteiger partial charge in [-0.25, -0.2) is 0 Å². The van der Waals surface area contributed by atoms with E-state index in [9.17, 15) is 9.59 Å². The summed E-state index contributed by atoms with van der Waals surface area (Å²) < 4.78 is 10.0. The average molecular weight is 274 g/mol. The lowest BCUT2D eigenvalue weighted by atomic mass is 9.90. The van der Waals surface area contributed by atoms with Crippen LogP contribution in [0.15, 0.2) is 46.5 Å². The third kappa shape index (κ3) is 2.46. The molecule has 4 heteroatoms. The summed E-state index contributed by atoms with van der Waals surface area (Å²) in [7, 11) is 2.73. The summed E-state index contributed by atoms with van der Waals surface area (Å²) in [5.74, 6) is -0.155. The van der Waals surface area contributed by atoms with Crippen molar-refractivity contribution in [3.63, 3.8) is 0 Å².